The Labute approximate surface area is 144 Å². The summed E-state index contributed by atoms with van der Waals surface area (Å²) < 4.78 is -1.32. The summed E-state index contributed by atoms with van der Waals surface area (Å²) >= 11 is 18.9. The third kappa shape index (κ3) is 2.28. The van der Waals surface area contributed by atoms with E-state index >= 15 is 0 Å². The summed E-state index contributed by atoms with van der Waals surface area (Å²) in [6, 6.07) is 0. The molecule has 3 heteroatoms. The Morgan fingerprint density at radius 2 is 1.00 bits per heavy atom. The molecule has 3 aliphatic carbocycles. The zero-order valence-electron chi connectivity index (χ0n) is 12.3. The molecule has 0 spiro atoms. The van der Waals surface area contributed by atoms with Crippen molar-refractivity contribution < 1.29 is 0 Å². The molecule has 4 rings (SSSR count). The van der Waals surface area contributed by atoms with E-state index in [0.717, 1.165) is 44.1 Å². The highest BCUT2D eigenvalue weighted by Gasteiger charge is 2.28. The summed E-state index contributed by atoms with van der Waals surface area (Å²) in [5.41, 5.74) is 0.958. The fourth-order valence-corrected chi connectivity index (χ4v) is 4.51. The molecule has 0 heterocycles. The normalized spacial score (nSPS) is 19.3. The van der Waals surface area contributed by atoms with E-state index in [1.54, 1.807) is 0 Å². The fraction of sp³-hybridized carbons (Fsp3) is 0.368. The summed E-state index contributed by atoms with van der Waals surface area (Å²) in [4.78, 5) is 0. The SMILES string of the molecule is ClC(Cl)(Cl)C1=c2c3c(c4c(c2=CCC1)=CCCC=4)=CCCC=3. The van der Waals surface area contributed by atoms with Gasteiger partial charge < -0.3 is 0 Å². The standard InChI is InChI=1S/C19H17Cl3/c20-19(21,22)17-11-5-10-16-14-7-2-1-6-12(14)13-8-3-4-9-15(13)18(16)17/h6-10H,1-5,11H2. The van der Waals surface area contributed by atoms with Gasteiger partial charge in [-0.25, -0.2) is 0 Å². The molecular weight excluding hydrogens is 335 g/mol. The molecule has 0 saturated heterocycles. The van der Waals surface area contributed by atoms with Gasteiger partial charge in [0, 0.05) is 0 Å². The first-order chi connectivity index (χ1) is 10.6. The van der Waals surface area contributed by atoms with Crippen LogP contribution in [0.5, 0.6) is 0 Å². The summed E-state index contributed by atoms with van der Waals surface area (Å²) in [5, 5.41) is 7.82. The quantitative estimate of drug-likeness (QED) is 0.621. The maximum Gasteiger partial charge on any atom is 0.213 e. The van der Waals surface area contributed by atoms with Crippen LogP contribution in [0.2, 0.25) is 0 Å². The Hall–Kier alpha value is -0.690. The number of rotatable bonds is 0. The number of hydrogen-bond donors (Lipinski definition) is 0. The summed E-state index contributed by atoms with van der Waals surface area (Å²) in [6.45, 7) is 0. The monoisotopic (exact) mass is 350 g/mol. The molecule has 0 aromatic heterocycles. The van der Waals surface area contributed by atoms with Crippen LogP contribution in [0.3, 0.4) is 0 Å². The highest BCUT2D eigenvalue weighted by atomic mass is 35.6. The van der Waals surface area contributed by atoms with Gasteiger partial charge in [-0.3, -0.25) is 0 Å². The van der Waals surface area contributed by atoms with Crippen molar-refractivity contribution in [3.05, 3.63) is 31.3 Å². The predicted molar refractivity (Wildman–Crippen MR) is 97.9 cm³/mol. The largest absolute Gasteiger partial charge is 0.213 e. The van der Waals surface area contributed by atoms with Crippen LogP contribution in [-0.4, -0.2) is 3.79 Å². The first-order valence-electron chi connectivity index (χ1n) is 7.91. The number of halogens is 3. The molecule has 0 bridgehead atoms. The zero-order chi connectivity index (χ0) is 15.3. The maximum atomic E-state index is 6.30. The van der Waals surface area contributed by atoms with Crippen molar-refractivity contribution in [1.29, 1.82) is 0 Å². The van der Waals surface area contributed by atoms with Gasteiger partial charge in [0.1, 0.15) is 0 Å². The number of hydrogen-bond acceptors (Lipinski definition) is 0. The summed E-state index contributed by atoms with van der Waals surface area (Å²) in [6.07, 6.45) is 17.9. The van der Waals surface area contributed by atoms with E-state index in [1.807, 2.05) is 0 Å². The van der Waals surface area contributed by atoms with Gasteiger partial charge in [-0.2, -0.15) is 0 Å². The van der Waals surface area contributed by atoms with Crippen LogP contribution >= 0.6 is 34.8 Å². The lowest BCUT2D eigenvalue weighted by Gasteiger charge is -2.20. The average Bonchev–Trinajstić information content (AvgIpc) is 2.54. The van der Waals surface area contributed by atoms with Gasteiger partial charge in [0.05, 0.1) is 0 Å². The molecule has 0 aliphatic heterocycles. The highest BCUT2D eigenvalue weighted by Crippen LogP contribution is 2.37. The zero-order valence-corrected chi connectivity index (χ0v) is 14.5. The minimum atomic E-state index is -1.32. The van der Waals surface area contributed by atoms with Gasteiger partial charge in [0.15, 0.2) is 0 Å². The van der Waals surface area contributed by atoms with Crippen LogP contribution in [-0.2, 0) is 0 Å². The van der Waals surface area contributed by atoms with E-state index in [4.69, 9.17) is 34.8 Å². The molecule has 1 aromatic rings. The van der Waals surface area contributed by atoms with Crippen molar-refractivity contribution in [2.24, 2.45) is 0 Å². The van der Waals surface area contributed by atoms with Crippen molar-refractivity contribution in [2.75, 3.05) is 0 Å². The first-order valence-corrected chi connectivity index (χ1v) is 9.04. The van der Waals surface area contributed by atoms with E-state index in [9.17, 15) is 0 Å². The second kappa shape index (κ2) is 5.44. The van der Waals surface area contributed by atoms with E-state index in [1.165, 1.54) is 31.3 Å². The Balaban J connectivity index is 2.41. The number of alkyl halides is 3. The second-order valence-electron chi connectivity index (χ2n) is 6.13. The Bertz CT molecular complexity index is 950. The molecule has 114 valence electrons. The van der Waals surface area contributed by atoms with Gasteiger partial charge in [-0.1, -0.05) is 65.2 Å². The smallest absolute Gasteiger partial charge is 0.0788 e. The lowest BCUT2D eigenvalue weighted by atomic mass is 9.91. The van der Waals surface area contributed by atoms with Gasteiger partial charge in [-0.15, -0.1) is 0 Å². The Kier molecular flexibility index (Phi) is 3.68. The van der Waals surface area contributed by atoms with Crippen LogP contribution in [0.25, 0.3) is 36.0 Å². The van der Waals surface area contributed by atoms with Crippen LogP contribution in [0.1, 0.15) is 38.5 Å². The average molecular weight is 352 g/mol. The summed E-state index contributed by atoms with van der Waals surface area (Å²) in [7, 11) is 0. The summed E-state index contributed by atoms with van der Waals surface area (Å²) in [5.74, 6) is 0. The van der Waals surface area contributed by atoms with E-state index in [-0.39, 0.29) is 0 Å². The van der Waals surface area contributed by atoms with Gasteiger partial charge in [-0.05, 0) is 75.4 Å². The predicted octanol–water partition coefficient (Wildman–Crippen LogP) is 1.49. The Morgan fingerprint density at radius 3 is 1.50 bits per heavy atom. The van der Waals surface area contributed by atoms with Crippen molar-refractivity contribution in [3.63, 3.8) is 0 Å². The van der Waals surface area contributed by atoms with Crippen LogP contribution in [0.15, 0.2) is 0 Å². The van der Waals surface area contributed by atoms with Gasteiger partial charge in [0.2, 0.25) is 3.79 Å². The molecule has 0 unspecified atom stereocenters. The molecular formula is C19H17Cl3. The molecule has 0 radical (unpaired) electrons. The number of fused-ring (bicyclic) bond motifs is 6. The minimum Gasteiger partial charge on any atom is -0.0788 e. The maximum absolute atomic E-state index is 6.30. The number of benzene rings is 1. The van der Waals surface area contributed by atoms with Crippen LogP contribution in [0, 0.1) is 0 Å². The first kappa shape index (κ1) is 14.9. The lowest BCUT2D eigenvalue weighted by molar-refractivity contribution is 1.01. The lowest BCUT2D eigenvalue weighted by Crippen LogP contribution is -2.67. The second-order valence-corrected chi connectivity index (χ2v) is 8.41. The molecule has 0 amide bonds. The van der Waals surface area contributed by atoms with Crippen LogP contribution in [0.4, 0.5) is 0 Å². The van der Waals surface area contributed by atoms with Crippen molar-refractivity contribution in [3.8, 4) is 0 Å². The topological polar surface area (TPSA) is 0 Å². The van der Waals surface area contributed by atoms with Crippen molar-refractivity contribution in [1.82, 2.24) is 0 Å². The van der Waals surface area contributed by atoms with Crippen molar-refractivity contribution >= 4 is 70.8 Å². The third-order valence-electron chi connectivity index (χ3n) is 4.81. The third-order valence-corrected chi connectivity index (χ3v) is 5.50. The molecule has 22 heavy (non-hydrogen) atoms. The van der Waals surface area contributed by atoms with Gasteiger partial charge >= 0.3 is 0 Å². The van der Waals surface area contributed by atoms with Gasteiger partial charge in [0.25, 0.3) is 0 Å². The fourth-order valence-electron chi connectivity index (χ4n) is 3.94. The van der Waals surface area contributed by atoms with Crippen LogP contribution < -0.4 is 31.3 Å². The Morgan fingerprint density at radius 1 is 0.591 bits per heavy atom. The van der Waals surface area contributed by atoms with E-state index in [0.29, 0.717) is 0 Å². The van der Waals surface area contributed by atoms with Crippen molar-refractivity contribution in [2.45, 2.75) is 42.3 Å². The highest BCUT2D eigenvalue weighted by molar-refractivity contribution is 6.72. The molecule has 0 N–H and O–H groups in total. The minimum absolute atomic E-state index is 0.826. The molecule has 1 aromatic carbocycles. The molecule has 0 fully saturated rings. The molecule has 3 aliphatic rings. The van der Waals surface area contributed by atoms with E-state index < -0.39 is 3.79 Å². The molecule has 0 saturated carbocycles. The molecule has 0 atom stereocenters. The van der Waals surface area contributed by atoms with E-state index in [2.05, 4.69) is 30.4 Å². The molecule has 0 nitrogen and oxygen atoms in total.